The number of phosphoric ester groups is 1. The summed E-state index contributed by atoms with van der Waals surface area (Å²) in [6, 6.07) is -0.863. The van der Waals surface area contributed by atoms with Crippen LogP contribution in [0.5, 0.6) is 0 Å². The first-order valence-corrected chi connectivity index (χ1v) is 31.4. The summed E-state index contributed by atoms with van der Waals surface area (Å²) in [4.78, 5) is 23.3. The number of nitrogens with one attached hydrogen (secondary N) is 1. The lowest BCUT2D eigenvalue weighted by Crippen LogP contribution is -2.45. The summed E-state index contributed by atoms with van der Waals surface area (Å²) in [6.07, 6.45) is 66.9. The predicted molar refractivity (Wildman–Crippen MR) is 300 cm³/mol. The van der Waals surface area contributed by atoms with E-state index in [0.717, 1.165) is 38.5 Å². The van der Waals surface area contributed by atoms with E-state index in [2.05, 4.69) is 43.5 Å². The van der Waals surface area contributed by atoms with Gasteiger partial charge < -0.3 is 19.8 Å². The molecule has 8 nitrogen and oxygen atoms in total. The Morgan fingerprint density at radius 1 is 0.478 bits per heavy atom. The van der Waals surface area contributed by atoms with Gasteiger partial charge >= 0.3 is 7.82 Å². The van der Waals surface area contributed by atoms with E-state index in [4.69, 9.17) is 9.05 Å². The molecule has 0 aliphatic heterocycles. The third-order valence-electron chi connectivity index (χ3n) is 13.6. The Balaban J connectivity index is 4.15. The van der Waals surface area contributed by atoms with E-state index >= 15 is 0 Å². The van der Waals surface area contributed by atoms with Crippen LogP contribution >= 0.6 is 7.82 Å². The number of likely N-dealkylation sites (N-methyl/N-ethyl adjacent to an activating group) is 1. The summed E-state index contributed by atoms with van der Waals surface area (Å²) in [6.45, 7) is 4.83. The van der Waals surface area contributed by atoms with Crippen molar-refractivity contribution in [1.82, 2.24) is 5.32 Å². The standard InChI is InChI=1S/C60H117N2O6P/c1-6-8-10-12-14-16-18-20-22-24-26-27-28-29-30-31-32-33-34-35-36-38-40-42-44-46-48-50-52-54-60(64)61-58(57-68-69(65,66)67-56-55-62(3,4)5)59(63)53-51-49-47-45-43-41-39-37-25-23-21-19-17-15-13-11-9-7-2/h29-30,43,45,51,53,58-59,63H,6-28,31-42,44,46-50,52,54-57H2,1-5H3,(H-,61,64,65,66)/p+1/b30-29-,45-43+,53-51+. The van der Waals surface area contributed by atoms with Crippen molar-refractivity contribution >= 4 is 13.7 Å². The Bertz CT molecular complexity index is 1220. The van der Waals surface area contributed by atoms with Crippen molar-refractivity contribution in [2.45, 2.75) is 302 Å². The average molecular weight is 995 g/mol. The van der Waals surface area contributed by atoms with Crippen LogP contribution in [0, 0.1) is 0 Å². The van der Waals surface area contributed by atoms with Gasteiger partial charge in [0.2, 0.25) is 5.91 Å². The van der Waals surface area contributed by atoms with E-state index in [1.54, 1.807) is 6.08 Å². The normalized spacial score (nSPS) is 14.1. The van der Waals surface area contributed by atoms with Gasteiger partial charge in [0.15, 0.2) is 0 Å². The summed E-state index contributed by atoms with van der Waals surface area (Å²) < 4.78 is 23.7. The van der Waals surface area contributed by atoms with Crippen molar-refractivity contribution in [2.24, 2.45) is 0 Å². The number of aliphatic hydroxyl groups excluding tert-OH is 1. The molecule has 0 aromatic heterocycles. The molecule has 0 aromatic rings. The molecule has 1 amide bonds. The monoisotopic (exact) mass is 994 g/mol. The van der Waals surface area contributed by atoms with E-state index in [1.807, 2.05) is 27.2 Å². The van der Waals surface area contributed by atoms with Gasteiger partial charge in [-0.1, -0.05) is 262 Å². The number of carbonyl (C=O) groups excluding carboxylic acids is 1. The third-order valence-corrected chi connectivity index (χ3v) is 14.6. The quantitative estimate of drug-likeness (QED) is 0.0243. The van der Waals surface area contributed by atoms with Gasteiger partial charge in [0.05, 0.1) is 39.9 Å². The zero-order valence-electron chi connectivity index (χ0n) is 46.6. The van der Waals surface area contributed by atoms with Crippen LogP contribution in [0.2, 0.25) is 0 Å². The highest BCUT2D eigenvalue weighted by Gasteiger charge is 2.27. The molecule has 3 atom stereocenters. The summed E-state index contributed by atoms with van der Waals surface area (Å²) in [5.41, 5.74) is 0. The minimum absolute atomic E-state index is 0.0571. The number of phosphoric acid groups is 1. The topological polar surface area (TPSA) is 105 Å². The Labute approximate surface area is 429 Å². The zero-order valence-corrected chi connectivity index (χ0v) is 47.5. The molecule has 0 heterocycles. The van der Waals surface area contributed by atoms with Crippen molar-refractivity contribution in [1.29, 1.82) is 0 Å². The highest BCUT2D eigenvalue weighted by atomic mass is 31.2. The first-order valence-electron chi connectivity index (χ1n) is 29.9. The molecule has 0 saturated heterocycles. The van der Waals surface area contributed by atoms with Crippen LogP contribution in [-0.4, -0.2) is 73.4 Å². The Morgan fingerprint density at radius 3 is 1.16 bits per heavy atom. The van der Waals surface area contributed by atoms with Gasteiger partial charge in [0.1, 0.15) is 13.2 Å². The van der Waals surface area contributed by atoms with Gasteiger partial charge in [-0.25, -0.2) is 4.57 Å². The lowest BCUT2D eigenvalue weighted by atomic mass is 10.0. The number of allylic oxidation sites excluding steroid dienone is 5. The van der Waals surface area contributed by atoms with Crippen LogP contribution in [0.1, 0.15) is 290 Å². The number of unbranched alkanes of at least 4 members (excludes halogenated alkanes) is 38. The van der Waals surface area contributed by atoms with Crippen LogP contribution in [0.25, 0.3) is 0 Å². The van der Waals surface area contributed by atoms with Crippen molar-refractivity contribution in [3.8, 4) is 0 Å². The molecule has 0 rings (SSSR count). The predicted octanol–water partition coefficient (Wildman–Crippen LogP) is 18.2. The molecule has 0 radical (unpaired) electrons. The van der Waals surface area contributed by atoms with Crippen molar-refractivity contribution < 1.29 is 32.9 Å². The molecule has 9 heteroatoms. The smallest absolute Gasteiger partial charge is 0.387 e. The molecule has 69 heavy (non-hydrogen) atoms. The van der Waals surface area contributed by atoms with Gasteiger partial charge in [-0.3, -0.25) is 13.8 Å². The second kappa shape index (κ2) is 51.6. The second-order valence-corrected chi connectivity index (χ2v) is 23.2. The van der Waals surface area contributed by atoms with Gasteiger partial charge in [0, 0.05) is 6.42 Å². The summed E-state index contributed by atoms with van der Waals surface area (Å²) in [5.74, 6) is -0.183. The summed E-state index contributed by atoms with van der Waals surface area (Å²) in [7, 11) is 1.56. The van der Waals surface area contributed by atoms with Gasteiger partial charge in [0.25, 0.3) is 0 Å². The molecule has 0 aliphatic carbocycles. The highest BCUT2D eigenvalue weighted by molar-refractivity contribution is 7.47. The first-order chi connectivity index (χ1) is 33.5. The molecule has 3 N–H and O–H groups in total. The van der Waals surface area contributed by atoms with E-state index < -0.39 is 20.0 Å². The van der Waals surface area contributed by atoms with E-state index in [-0.39, 0.29) is 19.1 Å². The number of amides is 1. The van der Waals surface area contributed by atoms with Crippen LogP contribution in [0.4, 0.5) is 0 Å². The molecule has 0 aromatic carbocycles. The lowest BCUT2D eigenvalue weighted by molar-refractivity contribution is -0.870. The first kappa shape index (κ1) is 67.7. The summed E-state index contributed by atoms with van der Waals surface area (Å²) in [5, 5.41) is 13.9. The lowest BCUT2D eigenvalue weighted by Gasteiger charge is -2.25. The minimum atomic E-state index is -4.35. The number of nitrogens with zero attached hydrogens (tertiary/aromatic N) is 1. The van der Waals surface area contributed by atoms with E-state index in [0.29, 0.717) is 17.4 Å². The van der Waals surface area contributed by atoms with Crippen LogP contribution in [0.3, 0.4) is 0 Å². The van der Waals surface area contributed by atoms with Gasteiger partial charge in [-0.15, -0.1) is 0 Å². The highest BCUT2D eigenvalue weighted by Crippen LogP contribution is 2.43. The summed E-state index contributed by atoms with van der Waals surface area (Å²) >= 11 is 0. The number of hydrogen-bond acceptors (Lipinski definition) is 5. The Kier molecular flexibility index (Phi) is 50.7. The largest absolute Gasteiger partial charge is 0.472 e. The fourth-order valence-electron chi connectivity index (χ4n) is 8.88. The van der Waals surface area contributed by atoms with Crippen LogP contribution in [0.15, 0.2) is 36.5 Å². The minimum Gasteiger partial charge on any atom is -0.387 e. The maximum Gasteiger partial charge on any atom is 0.472 e. The van der Waals surface area contributed by atoms with E-state index in [1.165, 1.54) is 231 Å². The molecular weight excluding hydrogens is 876 g/mol. The van der Waals surface area contributed by atoms with Gasteiger partial charge in [-0.2, -0.15) is 0 Å². The van der Waals surface area contributed by atoms with Crippen molar-refractivity contribution in [3.63, 3.8) is 0 Å². The number of quaternary nitrogens is 1. The molecule has 0 aliphatic rings. The Hall–Kier alpha value is -1.28. The van der Waals surface area contributed by atoms with Crippen molar-refractivity contribution in [2.75, 3.05) is 40.9 Å². The fraction of sp³-hybridized carbons (Fsp3) is 0.883. The fourth-order valence-corrected chi connectivity index (χ4v) is 9.61. The van der Waals surface area contributed by atoms with Crippen LogP contribution in [-0.2, 0) is 18.4 Å². The Morgan fingerprint density at radius 2 is 0.797 bits per heavy atom. The second-order valence-electron chi connectivity index (χ2n) is 21.7. The zero-order chi connectivity index (χ0) is 50.6. The number of carbonyl (C=O) groups is 1. The number of aliphatic hydroxyl groups is 1. The van der Waals surface area contributed by atoms with E-state index in [9.17, 15) is 19.4 Å². The SMILES string of the molecule is CCCCCCCCCCCCCC/C=C\CCCCCCCCCCCCCCCC(=O)NC(COP(=O)(O)OCC[N+](C)(C)C)C(O)/C=C/CC/C=C/CCCCCCCCCCCCCC. The average Bonchev–Trinajstić information content (AvgIpc) is 3.31. The molecule has 0 fully saturated rings. The number of rotatable bonds is 55. The van der Waals surface area contributed by atoms with Crippen LogP contribution < -0.4 is 5.32 Å². The molecular formula is C60H118N2O6P+. The third kappa shape index (κ3) is 54.3. The molecule has 0 saturated carbocycles. The van der Waals surface area contributed by atoms with Crippen molar-refractivity contribution in [3.05, 3.63) is 36.5 Å². The maximum absolute atomic E-state index is 13.0. The molecule has 408 valence electrons. The molecule has 3 unspecified atom stereocenters. The number of hydrogen-bond donors (Lipinski definition) is 3. The maximum atomic E-state index is 13.0. The molecule has 0 bridgehead atoms. The molecule has 0 spiro atoms. The van der Waals surface area contributed by atoms with Gasteiger partial charge in [-0.05, 0) is 57.8 Å².